The third kappa shape index (κ3) is 3.65. The Balaban J connectivity index is 1.54. The summed E-state index contributed by atoms with van der Waals surface area (Å²) >= 11 is 6.42. The van der Waals surface area contributed by atoms with Crippen LogP contribution in [0.4, 0.5) is 15.8 Å². The number of likely N-dealkylation sites (N-methyl/N-ethyl adjacent to an activating group) is 1. The third-order valence-electron chi connectivity index (χ3n) is 5.36. The van der Waals surface area contributed by atoms with Crippen LogP contribution in [-0.4, -0.2) is 72.9 Å². The molecule has 3 aliphatic rings. The molecule has 9 nitrogen and oxygen atoms in total. The average Bonchev–Trinajstić information content (AvgIpc) is 2.98. The SMILES string of the molecule is CN1CCN(c2c(Cl)cncc2NC(=O)C2C(N)NN3CC(F)=CNC23)CC1. The maximum Gasteiger partial charge on any atom is 0.234 e. The Hall–Kier alpha value is -1.98. The molecule has 1 amide bonds. The van der Waals surface area contributed by atoms with Gasteiger partial charge in [0.25, 0.3) is 0 Å². The fourth-order valence-electron chi connectivity index (χ4n) is 3.86. The largest absolute Gasteiger partial charge is 0.372 e. The molecule has 0 bridgehead atoms. The van der Waals surface area contributed by atoms with Crippen molar-refractivity contribution < 1.29 is 9.18 Å². The zero-order valence-corrected chi connectivity index (χ0v) is 16.3. The number of anilines is 2. The Morgan fingerprint density at radius 1 is 1.36 bits per heavy atom. The molecule has 0 aliphatic carbocycles. The molecule has 0 radical (unpaired) electrons. The molecule has 3 aliphatic heterocycles. The van der Waals surface area contributed by atoms with E-state index >= 15 is 0 Å². The van der Waals surface area contributed by atoms with E-state index in [1.54, 1.807) is 17.4 Å². The second kappa shape index (κ2) is 7.80. The fraction of sp³-hybridized carbons (Fsp3) is 0.529. The zero-order valence-electron chi connectivity index (χ0n) is 15.5. The Kier molecular flexibility index (Phi) is 5.39. The molecule has 3 unspecified atom stereocenters. The summed E-state index contributed by atoms with van der Waals surface area (Å²) in [6, 6.07) is 0. The second-order valence-corrected chi connectivity index (χ2v) is 7.72. The number of amides is 1. The van der Waals surface area contributed by atoms with Crippen molar-refractivity contribution in [1.29, 1.82) is 0 Å². The monoisotopic (exact) mass is 410 g/mol. The summed E-state index contributed by atoms with van der Waals surface area (Å²) in [4.78, 5) is 21.6. The summed E-state index contributed by atoms with van der Waals surface area (Å²) in [6.45, 7) is 3.47. The van der Waals surface area contributed by atoms with E-state index in [1.165, 1.54) is 6.20 Å². The van der Waals surface area contributed by atoms with Crippen molar-refractivity contribution in [3.8, 4) is 0 Å². The van der Waals surface area contributed by atoms with Gasteiger partial charge in [-0.3, -0.25) is 9.78 Å². The lowest BCUT2D eigenvalue weighted by molar-refractivity contribution is -0.121. The van der Waals surface area contributed by atoms with Crippen LogP contribution in [0.5, 0.6) is 0 Å². The minimum absolute atomic E-state index is 0.0560. The number of aromatic nitrogens is 1. The van der Waals surface area contributed by atoms with Crippen LogP contribution in [0, 0.1) is 5.92 Å². The lowest BCUT2D eigenvalue weighted by Gasteiger charge is -2.35. The smallest absolute Gasteiger partial charge is 0.234 e. The van der Waals surface area contributed by atoms with Gasteiger partial charge in [-0.1, -0.05) is 11.6 Å². The normalized spacial score (nSPS) is 28.5. The van der Waals surface area contributed by atoms with Crippen LogP contribution in [-0.2, 0) is 4.79 Å². The summed E-state index contributed by atoms with van der Waals surface area (Å²) in [5, 5.41) is 7.92. The first-order valence-electron chi connectivity index (χ1n) is 9.21. The highest BCUT2D eigenvalue weighted by Crippen LogP contribution is 2.34. The highest BCUT2D eigenvalue weighted by atomic mass is 35.5. The van der Waals surface area contributed by atoms with Crippen molar-refractivity contribution in [2.24, 2.45) is 11.7 Å². The number of piperazine rings is 1. The summed E-state index contributed by atoms with van der Waals surface area (Å²) in [7, 11) is 2.07. The van der Waals surface area contributed by atoms with Gasteiger partial charge >= 0.3 is 0 Å². The van der Waals surface area contributed by atoms with E-state index in [-0.39, 0.29) is 18.3 Å². The fourth-order valence-corrected chi connectivity index (χ4v) is 4.14. The molecule has 2 saturated heterocycles. The van der Waals surface area contributed by atoms with E-state index in [1.807, 2.05) is 0 Å². The molecule has 0 saturated carbocycles. The second-order valence-electron chi connectivity index (χ2n) is 7.31. The molecule has 5 N–H and O–H groups in total. The number of hydrogen-bond acceptors (Lipinski definition) is 8. The molecule has 2 fully saturated rings. The lowest BCUT2D eigenvalue weighted by Crippen LogP contribution is -2.51. The van der Waals surface area contributed by atoms with Crippen molar-refractivity contribution in [1.82, 2.24) is 25.6 Å². The number of rotatable bonds is 3. The molecule has 11 heteroatoms. The van der Waals surface area contributed by atoms with E-state index in [2.05, 4.69) is 37.9 Å². The summed E-state index contributed by atoms with van der Waals surface area (Å²) in [6.07, 6.45) is 3.37. The van der Waals surface area contributed by atoms with Crippen molar-refractivity contribution >= 4 is 28.9 Å². The van der Waals surface area contributed by atoms with E-state index in [0.717, 1.165) is 31.9 Å². The van der Waals surface area contributed by atoms with E-state index in [0.29, 0.717) is 10.7 Å². The molecule has 152 valence electrons. The quantitative estimate of drug-likeness (QED) is 0.547. The van der Waals surface area contributed by atoms with Gasteiger partial charge in [0, 0.05) is 38.6 Å². The van der Waals surface area contributed by atoms with Gasteiger partial charge in [0.2, 0.25) is 5.91 Å². The summed E-state index contributed by atoms with van der Waals surface area (Å²) in [5.41, 5.74) is 10.4. The highest BCUT2D eigenvalue weighted by molar-refractivity contribution is 6.34. The number of pyridine rings is 1. The summed E-state index contributed by atoms with van der Waals surface area (Å²) in [5.74, 6) is -1.23. The Morgan fingerprint density at radius 2 is 2.11 bits per heavy atom. The van der Waals surface area contributed by atoms with Crippen LogP contribution in [0.3, 0.4) is 0 Å². The first-order chi connectivity index (χ1) is 13.4. The van der Waals surface area contributed by atoms with Crippen LogP contribution in [0.1, 0.15) is 0 Å². The molecule has 1 aromatic heterocycles. The molecule has 4 heterocycles. The van der Waals surface area contributed by atoms with Gasteiger partial charge in [-0.15, -0.1) is 0 Å². The molecule has 28 heavy (non-hydrogen) atoms. The van der Waals surface area contributed by atoms with E-state index in [9.17, 15) is 9.18 Å². The van der Waals surface area contributed by atoms with Gasteiger partial charge in [0.05, 0.1) is 35.3 Å². The molecule has 3 atom stereocenters. The number of halogens is 2. The van der Waals surface area contributed by atoms with E-state index in [4.69, 9.17) is 17.3 Å². The van der Waals surface area contributed by atoms with Gasteiger partial charge < -0.3 is 26.2 Å². The number of nitrogens with two attached hydrogens (primary N) is 1. The molecular formula is C17H24ClFN8O. The van der Waals surface area contributed by atoms with Crippen molar-refractivity contribution in [2.45, 2.75) is 12.3 Å². The van der Waals surface area contributed by atoms with Crippen LogP contribution < -0.4 is 26.7 Å². The number of hydrogen-bond donors (Lipinski definition) is 4. The van der Waals surface area contributed by atoms with Gasteiger partial charge in [-0.2, -0.15) is 0 Å². The Bertz CT molecular complexity index is 784. The van der Waals surface area contributed by atoms with Crippen molar-refractivity contribution in [2.75, 3.05) is 50.0 Å². The molecule has 1 aromatic rings. The molecule has 0 spiro atoms. The van der Waals surface area contributed by atoms with Crippen LogP contribution in [0.2, 0.25) is 5.02 Å². The number of nitrogens with one attached hydrogen (secondary N) is 3. The van der Waals surface area contributed by atoms with Gasteiger partial charge in [0.15, 0.2) is 0 Å². The third-order valence-corrected chi connectivity index (χ3v) is 5.64. The molecule has 4 rings (SSSR count). The topological polar surface area (TPSA) is 102 Å². The first kappa shape index (κ1) is 19.3. The zero-order chi connectivity index (χ0) is 19.8. The number of fused-ring (bicyclic) bond motifs is 1. The minimum atomic E-state index is -0.643. The van der Waals surface area contributed by atoms with Gasteiger partial charge in [-0.05, 0) is 7.05 Å². The van der Waals surface area contributed by atoms with Crippen molar-refractivity contribution in [3.63, 3.8) is 0 Å². The Morgan fingerprint density at radius 3 is 2.86 bits per heavy atom. The predicted molar refractivity (Wildman–Crippen MR) is 105 cm³/mol. The van der Waals surface area contributed by atoms with Gasteiger partial charge in [0.1, 0.15) is 17.9 Å². The molecular weight excluding hydrogens is 387 g/mol. The maximum absolute atomic E-state index is 13.5. The van der Waals surface area contributed by atoms with Gasteiger partial charge in [-0.25, -0.2) is 14.8 Å². The standard InChI is InChI=1S/C17H24ClFN8O/c1-25-2-4-26(5-3-25)14-11(18)7-21-8-12(14)23-17(28)13-15(20)24-27-9-10(19)6-22-16(13)27/h6-8,13,15-16,22,24H,2-5,9,20H2,1H3,(H,23,28). The van der Waals surface area contributed by atoms with Crippen molar-refractivity contribution in [3.05, 3.63) is 29.4 Å². The minimum Gasteiger partial charge on any atom is -0.372 e. The lowest BCUT2D eigenvalue weighted by atomic mass is 10.0. The number of carbonyl (C=O) groups is 1. The van der Waals surface area contributed by atoms with Crippen LogP contribution in [0.15, 0.2) is 24.4 Å². The van der Waals surface area contributed by atoms with Crippen LogP contribution in [0.25, 0.3) is 0 Å². The predicted octanol–water partition coefficient (Wildman–Crippen LogP) is -0.113. The number of carbonyl (C=O) groups excluding carboxylic acids is 1. The number of nitrogens with zero attached hydrogens (tertiary/aromatic N) is 4. The Labute approximate surface area is 167 Å². The highest BCUT2D eigenvalue weighted by Gasteiger charge is 2.45. The van der Waals surface area contributed by atoms with Crippen LogP contribution >= 0.6 is 11.6 Å². The molecule has 0 aromatic carbocycles. The van der Waals surface area contributed by atoms with E-state index < -0.39 is 18.2 Å². The first-order valence-corrected chi connectivity index (χ1v) is 9.58. The number of hydrazine groups is 1. The average molecular weight is 411 g/mol. The maximum atomic E-state index is 13.5. The summed E-state index contributed by atoms with van der Waals surface area (Å²) < 4.78 is 13.5.